The first kappa shape index (κ1) is 23.9. The number of rotatable bonds is 11. The van der Waals surface area contributed by atoms with E-state index in [0.29, 0.717) is 12.5 Å². The molecular weight excluding hydrogens is 388 g/mol. The Kier molecular flexibility index (Phi) is 11.4. The third-order valence-electron chi connectivity index (χ3n) is 5.10. The largest absolute Gasteiger partial charge is 0.381 e. The van der Waals surface area contributed by atoms with E-state index in [1.165, 1.54) is 5.56 Å². The predicted molar refractivity (Wildman–Crippen MR) is 121 cm³/mol. The van der Waals surface area contributed by atoms with Gasteiger partial charge in [0, 0.05) is 44.5 Å². The zero-order valence-electron chi connectivity index (χ0n) is 18.1. The van der Waals surface area contributed by atoms with Gasteiger partial charge in [-0.1, -0.05) is 23.7 Å². The lowest BCUT2D eigenvalue weighted by molar-refractivity contribution is 0.0203. The van der Waals surface area contributed by atoms with Crippen LogP contribution in [0, 0.1) is 5.92 Å². The number of hydrogen-bond acceptors (Lipinski definition) is 4. The van der Waals surface area contributed by atoms with Crippen LogP contribution >= 0.6 is 11.6 Å². The normalized spacial score (nSPS) is 16.8. The first-order chi connectivity index (χ1) is 14.1. The van der Waals surface area contributed by atoms with Gasteiger partial charge in [-0.15, -0.1) is 0 Å². The summed E-state index contributed by atoms with van der Waals surface area (Å²) in [6.07, 6.45) is 3.20. The van der Waals surface area contributed by atoms with Crippen molar-refractivity contribution in [1.29, 1.82) is 0 Å². The van der Waals surface area contributed by atoms with Crippen LogP contribution in [-0.4, -0.2) is 71.0 Å². The molecule has 1 heterocycles. The van der Waals surface area contributed by atoms with Crippen LogP contribution in [0.1, 0.15) is 37.8 Å². The Labute approximate surface area is 181 Å². The molecule has 1 saturated heterocycles. The monoisotopic (exact) mass is 424 g/mol. The molecule has 6 nitrogen and oxygen atoms in total. The number of benzene rings is 1. The molecule has 7 heteroatoms. The van der Waals surface area contributed by atoms with Crippen LogP contribution in [0.4, 0.5) is 0 Å². The average molecular weight is 425 g/mol. The summed E-state index contributed by atoms with van der Waals surface area (Å²) in [5.74, 6) is 1.50. The van der Waals surface area contributed by atoms with Crippen LogP contribution in [0.3, 0.4) is 0 Å². The second-order valence-corrected chi connectivity index (χ2v) is 8.10. The van der Waals surface area contributed by atoms with E-state index in [2.05, 4.69) is 48.7 Å². The highest BCUT2D eigenvalue weighted by Gasteiger charge is 2.15. The lowest BCUT2D eigenvalue weighted by atomic mass is 10.0. The summed E-state index contributed by atoms with van der Waals surface area (Å²) in [6.45, 7) is 7.80. The summed E-state index contributed by atoms with van der Waals surface area (Å²) in [5, 5.41) is 7.49. The number of hydrogen-bond donors (Lipinski definition) is 2. The van der Waals surface area contributed by atoms with Crippen molar-refractivity contribution in [2.24, 2.45) is 10.9 Å². The minimum atomic E-state index is 0.200. The highest BCUT2D eigenvalue weighted by atomic mass is 35.5. The summed E-state index contributed by atoms with van der Waals surface area (Å²) >= 11 is 6.03. The fourth-order valence-corrected chi connectivity index (χ4v) is 3.44. The smallest absolute Gasteiger partial charge is 0.191 e. The minimum Gasteiger partial charge on any atom is -0.381 e. The van der Waals surface area contributed by atoms with Crippen molar-refractivity contribution in [3.63, 3.8) is 0 Å². The van der Waals surface area contributed by atoms with Crippen molar-refractivity contribution < 1.29 is 9.47 Å². The highest BCUT2D eigenvalue weighted by molar-refractivity contribution is 6.30. The molecule has 0 aromatic heterocycles. The Hall–Kier alpha value is -1.34. The number of aliphatic imine (C=N–C) groups is 1. The molecule has 0 spiro atoms. The van der Waals surface area contributed by atoms with Gasteiger partial charge in [-0.3, -0.25) is 4.99 Å². The second-order valence-electron chi connectivity index (χ2n) is 7.66. The minimum absolute atomic E-state index is 0.200. The lowest BCUT2D eigenvalue weighted by Gasteiger charge is -2.24. The van der Waals surface area contributed by atoms with Crippen LogP contribution in [-0.2, 0) is 9.47 Å². The predicted octanol–water partition coefficient (Wildman–Crippen LogP) is 3.33. The Balaban J connectivity index is 1.74. The van der Waals surface area contributed by atoms with Gasteiger partial charge in [-0.25, -0.2) is 0 Å². The summed E-state index contributed by atoms with van der Waals surface area (Å²) in [4.78, 5) is 6.97. The van der Waals surface area contributed by atoms with Gasteiger partial charge in [0.1, 0.15) is 0 Å². The SMILES string of the molecule is CCNC(=NCC(c1ccc(Cl)cc1)N(C)C)NCCCOCC1CCOCC1. The molecule has 0 bridgehead atoms. The van der Waals surface area contributed by atoms with Crippen LogP contribution in [0.5, 0.6) is 0 Å². The maximum atomic E-state index is 6.03. The van der Waals surface area contributed by atoms with Crippen LogP contribution in [0.2, 0.25) is 5.02 Å². The first-order valence-corrected chi connectivity index (χ1v) is 11.1. The van der Waals surface area contributed by atoms with E-state index < -0.39 is 0 Å². The van der Waals surface area contributed by atoms with Gasteiger partial charge < -0.3 is 25.0 Å². The quantitative estimate of drug-likeness (QED) is 0.324. The third kappa shape index (κ3) is 9.34. The molecule has 164 valence electrons. The molecule has 1 aromatic carbocycles. The number of nitrogens with one attached hydrogen (secondary N) is 2. The maximum Gasteiger partial charge on any atom is 0.191 e. The molecule has 1 aliphatic rings. The molecule has 29 heavy (non-hydrogen) atoms. The molecule has 0 amide bonds. The molecule has 1 unspecified atom stereocenters. The maximum absolute atomic E-state index is 6.03. The Morgan fingerprint density at radius 1 is 1.24 bits per heavy atom. The fraction of sp³-hybridized carbons (Fsp3) is 0.682. The van der Waals surface area contributed by atoms with Gasteiger partial charge in [-0.05, 0) is 63.9 Å². The summed E-state index contributed by atoms with van der Waals surface area (Å²) in [6, 6.07) is 8.20. The van der Waals surface area contributed by atoms with Crippen molar-refractivity contribution in [2.45, 2.75) is 32.2 Å². The van der Waals surface area contributed by atoms with Crippen molar-refractivity contribution in [2.75, 3.05) is 60.2 Å². The molecule has 1 atom stereocenters. The van der Waals surface area contributed by atoms with Crippen molar-refractivity contribution in [3.8, 4) is 0 Å². The van der Waals surface area contributed by atoms with E-state index in [4.69, 9.17) is 26.1 Å². The summed E-state index contributed by atoms with van der Waals surface area (Å²) in [5.41, 5.74) is 1.21. The van der Waals surface area contributed by atoms with Gasteiger partial charge >= 0.3 is 0 Å². The van der Waals surface area contributed by atoms with Gasteiger partial charge in [0.15, 0.2) is 5.96 Å². The molecule has 0 radical (unpaired) electrons. The zero-order valence-corrected chi connectivity index (χ0v) is 18.9. The number of nitrogens with zero attached hydrogens (tertiary/aromatic N) is 2. The molecule has 2 rings (SSSR count). The molecular formula is C22H37ClN4O2. The van der Waals surface area contributed by atoms with Crippen LogP contribution in [0.25, 0.3) is 0 Å². The highest BCUT2D eigenvalue weighted by Crippen LogP contribution is 2.20. The van der Waals surface area contributed by atoms with E-state index in [1.54, 1.807) is 0 Å². The van der Waals surface area contributed by atoms with Gasteiger partial charge in [0.05, 0.1) is 12.6 Å². The van der Waals surface area contributed by atoms with Gasteiger partial charge in [-0.2, -0.15) is 0 Å². The Bertz CT molecular complexity index is 589. The molecule has 1 fully saturated rings. The number of ether oxygens (including phenoxy) is 2. The van der Waals surface area contributed by atoms with Gasteiger partial charge in [0.25, 0.3) is 0 Å². The first-order valence-electron chi connectivity index (χ1n) is 10.7. The van der Waals surface area contributed by atoms with Crippen LogP contribution in [0.15, 0.2) is 29.3 Å². The number of likely N-dealkylation sites (N-methyl/N-ethyl adjacent to an activating group) is 1. The van der Waals surface area contributed by atoms with Crippen molar-refractivity contribution in [1.82, 2.24) is 15.5 Å². The summed E-state index contributed by atoms with van der Waals surface area (Å²) < 4.78 is 11.2. The number of halogens is 1. The van der Waals surface area contributed by atoms with E-state index >= 15 is 0 Å². The van der Waals surface area contributed by atoms with Gasteiger partial charge in [0.2, 0.25) is 0 Å². The Morgan fingerprint density at radius 2 is 1.97 bits per heavy atom. The zero-order chi connectivity index (χ0) is 20.9. The fourth-order valence-electron chi connectivity index (χ4n) is 3.32. The average Bonchev–Trinajstić information content (AvgIpc) is 2.72. The second kappa shape index (κ2) is 13.8. The number of guanidine groups is 1. The molecule has 1 aliphatic heterocycles. The topological polar surface area (TPSA) is 58.1 Å². The molecule has 1 aromatic rings. The molecule has 0 saturated carbocycles. The van der Waals surface area contributed by atoms with E-state index in [0.717, 1.165) is 69.8 Å². The third-order valence-corrected chi connectivity index (χ3v) is 5.35. The molecule has 0 aliphatic carbocycles. The van der Waals surface area contributed by atoms with Crippen molar-refractivity contribution in [3.05, 3.63) is 34.9 Å². The summed E-state index contributed by atoms with van der Waals surface area (Å²) in [7, 11) is 4.15. The van der Waals surface area contributed by atoms with Crippen molar-refractivity contribution >= 4 is 17.6 Å². The van der Waals surface area contributed by atoms with E-state index in [1.807, 2.05) is 12.1 Å². The van der Waals surface area contributed by atoms with E-state index in [-0.39, 0.29) is 6.04 Å². The van der Waals surface area contributed by atoms with Crippen LogP contribution < -0.4 is 10.6 Å². The standard InChI is InChI=1S/C22H37ClN4O2/c1-4-24-22(25-12-5-13-29-17-18-10-14-28-15-11-18)26-16-21(27(2)3)19-6-8-20(23)9-7-19/h6-9,18,21H,4-5,10-17H2,1-3H3,(H2,24,25,26). The molecule has 2 N–H and O–H groups in total. The lowest BCUT2D eigenvalue weighted by Crippen LogP contribution is -2.38. The van der Waals surface area contributed by atoms with E-state index in [9.17, 15) is 0 Å². The Morgan fingerprint density at radius 3 is 2.62 bits per heavy atom.